The minimum absolute atomic E-state index is 0.00202. The van der Waals surface area contributed by atoms with Gasteiger partial charge >= 0.3 is 0 Å². The molecule has 0 saturated carbocycles. The van der Waals surface area contributed by atoms with Gasteiger partial charge in [-0.05, 0) is 18.1 Å². The Labute approximate surface area is 166 Å². The lowest BCUT2D eigenvalue weighted by molar-refractivity contribution is -0.121. The second kappa shape index (κ2) is 9.65. The minimum atomic E-state index is -0.0997. The zero-order chi connectivity index (χ0) is 19.8. The third-order valence-electron chi connectivity index (χ3n) is 4.86. The molecule has 0 bridgehead atoms. The number of carbonyl (C=O) groups excluding carboxylic acids is 2. The molecular formula is C25H25NO2. The van der Waals surface area contributed by atoms with Crippen LogP contribution in [0.4, 0.5) is 0 Å². The molecule has 3 rings (SSSR count). The summed E-state index contributed by atoms with van der Waals surface area (Å²) < 4.78 is 0. The van der Waals surface area contributed by atoms with Crippen LogP contribution in [0, 0.1) is 6.92 Å². The molecule has 1 amide bonds. The van der Waals surface area contributed by atoms with Gasteiger partial charge in [-0.25, -0.2) is 0 Å². The number of carbonyl (C=O) groups is 2. The molecule has 0 aromatic heterocycles. The number of benzene rings is 3. The lowest BCUT2D eigenvalue weighted by Crippen LogP contribution is -2.29. The maximum Gasteiger partial charge on any atom is 0.220 e. The van der Waals surface area contributed by atoms with Gasteiger partial charge in [0.2, 0.25) is 5.91 Å². The molecule has 3 aromatic rings. The molecule has 3 aromatic carbocycles. The molecule has 0 aliphatic heterocycles. The van der Waals surface area contributed by atoms with E-state index in [0.717, 1.165) is 16.7 Å². The van der Waals surface area contributed by atoms with E-state index < -0.39 is 0 Å². The fourth-order valence-electron chi connectivity index (χ4n) is 3.21. The highest BCUT2D eigenvalue weighted by molar-refractivity contribution is 5.97. The van der Waals surface area contributed by atoms with Gasteiger partial charge < -0.3 is 5.32 Å². The van der Waals surface area contributed by atoms with Crippen molar-refractivity contribution < 1.29 is 9.59 Å². The van der Waals surface area contributed by atoms with Crippen LogP contribution >= 0.6 is 0 Å². The molecule has 3 nitrogen and oxygen atoms in total. The van der Waals surface area contributed by atoms with Crippen molar-refractivity contribution in [2.45, 2.75) is 25.7 Å². The summed E-state index contributed by atoms with van der Waals surface area (Å²) in [5.41, 5.74) is 4.08. The first-order valence-electron chi connectivity index (χ1n) is 9.60. The average molecular weight is 371 g/mol. The molecule has 1 N–H and O–H groups in total. The first kappa shape index (κ1) is 19.6. The summed E-state index contributed by atoms with van der Waals surface area (Å²) in [4.78, 5) is 24.6. The van der Waals surface area contributed by atoms with E-state index in [1.165, 1.54) is 0 Å². The van der Waals surface area contributed by atoms with Crippen LogP contribution in [0.3, 0.4) is 0 Å². The molecule has 0 fully saturated rings. The number of Topliss-reactive ketones (excluding diaryl/α,β-unsaturated/α-hetero) is 1. The molecule has 28 heavy (non-hydrogen) atoms. The van der Waals surface area contributed by atoms with Crippen LogP contribution in [0.5, 0.6) is 0 Å². The average Bonchev–Trinajstić information content (AvgIpc) is 2.74. The number of nitrogens with one attached hydrogen (secondary N) is 1. The molecule has 0 aliphatic carbocycles. The van der Waals surface area contributed by atoms with E-state index in [-0.39, 0.29) is 30.4 Å². The Morgan fingerprint density at radius 2 is 1.29 bits per heavy atom. The van der Waals surface area contributed by atoms with E-state index in [1.54, 1.807) is 0 Å². The molecular weight excluding hydrogens is 346 g/mol. The zero-order valence-electron chi connectivity index (χ0n) is 16.1. The zero-order valence-corrected chi connectivity index (χ0v) is 16.1. The Morgan fingerprint density at radius 3 is 1.82 bits per heavy atom. The fraction of sp³-hybridized carbons (Fsp3) is 0.200. The summed E-state index contributed by atoms with van der Waals surface area (Å²) in [5, 5.41) is 3.00. The lowest BCUT2D eigenvalue weighted by Gasteiger charge is -2.19. The monoisotopic (exact) mass is 371 g/mol. The Bertz CT molecular complexity index is 863. The molecule has 142 valence electrons. The molecule has 0 saturated heterocycles. The third-order valence-corrected chi connectivity index (χ3v) is 4.86. The molecule has 0 aliphatic rings. The van der Waals surface area contributed by atoms with Gasteiger partial charge in [-0.2, -0.15) is 0 Å². The van der Waals surface area contributed by atoms with Gasteiger partial charge in [0.05, 0.1) is 0 Å². The van der Waals surface area contributed by atoms with Crippen LogP contribution in [0.2, 0.25) is 0 Å². The van der Waals surface area contributed by atoms with E-state index in [2.05, 4.69) is 29.6 Å². The molecule has 0 atom stereocenters. The molecule has 0 spiro atoms. The van der Waals surface area contributed by atoms with Crippen molar-refractivity contribution in [1.29, 1.82) is 0 Å². The quantitative estimate of drug-likeness (QED) is 0.572. The van der Waals surface area contributed by atoms with Crippen LogP contribution < -0.4 is 5.32 Å². The standard InChI is InChI=1S/C25H25NO2/c1-19-12-14-22(15-13-19)24(27)16-17-25(28)26-18-23(20-8-4-2-5-9-20)21-10-6-3-7-11-21/h2-15,23H,16-18H2,1H3,(H,26,28). The second-order valence-corrected chi connectivity index (χ2v) is 6.97. The van der Waals surface area contributed by atoms with Crippen molar-refractivity contribution in [3.63, 3.8) is 0 Å². The molecule has 0 unspecified atom stereocenters. The summed E-state index contributed by atoms with van der Waals surface area (Å²) in [7, 11) is 0. The number of amides is 1. The maximum atomic E-state index is 12.3. The summed E-state index contributed by atoms with van der Waals surface area (Å²) in [6.45, 7) is 2.49. The molecule has 3 heteroatoms. The van der Waals surface area contributed by atoms with Gasteiger partial charge in [-0.15, -0.1) is 0 Å². The first-order valence-corrected chi connectivity index (χ1v) is 9.60. The predicted octanol–water partition coefficient (Wildman–Crippen LogP) is 4.91. The van der Waals surface area contributed by atoms with Crippen molar-refractivity contribution in [3.05, 3.63) is 107 Å². The van der Waals surface area contributed by atoms with Crippen LogP contribution in [0.1, 0.15) is 45.8 Å². The van der Waals surface area contributed by atoms with Crippen molar-refractivity contribution in [3.8, 4) is 0 Å². The maximum absolute atomic E-state index is 12.3. The summed E-state index contributed by atoms with van der Waals surface area (Å²) in [5.74, 6) is -0.0192. The van der Waals surface area contributed by atoms with E-state index in [4.69, 9.17) is 0 Å². The third kappa shape index (κ3) is 5.40. The Hall–Kier alpha value is -3.20. The normalized spacial score (nSPS) is 10.6. The first-order chi connectivity index (χ1) is 13.6. The van der Waals surface area contributed by atoms with Crippen LogP contribution in [-0.2, 0) is 4.79 Å². The van der Waals surface area contributed by atoms with E-state index in [1.807, 2.05) is 67.6 Å². The topological polar surface area (TPSA) is 46.2 Å². The fourth-order valence-corrected chi connectivity index (χ4v) is 3.21. The van der Waals surface area contributed by atoms with Gasteiger partial charge in [-0.3, -0.25) is 9.59 Å². The number of hydrogen-bond acceptors (Lipinski definition) is 2. The smallest absolute Gasteiger partial charge is 0.220 e. The van der Waals surface area contributed by atoms with Crippen LogP contribution in [-0.4, -0.2) is 18.2 Å². The van der Waals surface area contributed by atoms with Gasteiger partial charge in [0.1, 0.15) is 0 Å². The Kier molecular flexibility index (Phi) is 6.74. The summed E-state index contributed by atoms with van der Waals surface area (Å²) >= 11 is 0. The largest absolute Gasteiger partial charge is 0.355 e. The highest BCUT2D eigenvalue weighted by Crippen LogP contribution is 2.23. The summed E-state index contributed by atoms with van der Waals surface area (Å²) in [6, 6.07) is 27.8. The minimum Gasteiger partial charge on any atom is -0.355 e. The number of aryl methyl sites for hydroxylation is 1. The molecule has 0 radical (unpaired) electrons. The molecule has 0 heterocycles. The number of rotatable bonds is 8. The van der Waals surface area contributed by atoms with Crippen molar-refractivity contribution >= 4 is 11.7 Å². The SMILES string of the molecule is Cc1ccc(C(=O)CCC(=O)NCC(c2ccccc2)c2ccccc2)cc1. The van der Waals surface area contributed by atoms with Gasteiger partial charge in [0.15, 0.2) is 5.78 Å². The van der Waals surface area contributed by atoms with E-state index in [9.17, 15) is 9.59 Å². The van der Waals surface area contributed by atoms with Gasteiger partial charge in [0, 0.05) is 30.9 Å². The Balaban J connectivity index is 1.58. The van der Waals surface area contributed by atoms with E-state index in [0.29, 0.717) is 12.1 Å². The predicted molar refractivity (Wildman–Crippen MR) is 112 cm³/mol. The Morgan fingerprint density at radius 1 is 0.750 bits per heavy atom. The van der Waals surface area contributed by atoms with Gasteiger partial charge in [-0.1, -0.05) is 90.5 Å². The van der Waals surface area contributed by atoms with E-state index >= 15 is 0 Å². The highest BCUT2D eigenvalue weighted by Gasteiger charge is 2.16. The number of hydrogen-bond donors (Lipinski definition) is 1. The van der Waals surface area contributed by atoms with Crippen molar-refractivity contribution in [1.82, 2.24) is 5.32 Å². The highest BCUT2D eigenvalue weighted by atomic mass is 16.2. The van der Waals surface area contributed by atoms with Crippen molar-refractivity contribution in [2.75, 3.05) is 6.54 Å². The van der Waals surface area contributed by atoms with Gasteiger partial charge in [0.25, 0.3) is 0 Å². The van der Waals surface area contributed by atoms with Crippen LogP contribution in [0.25, 0.3) is 0 Å². The van der Waals surface area contributed by atoms with Crippen LogP contribution in [0.15, 0.2) is 84.9 Å². The van der Waals surface area contributed by atoms with Crippen molar-refractivity contribution in [2.24, 2.45) is 0 Å². The summed E-state index contributed by atoms with van der Waals surface area (Å²) in [6.07, 6.45) is 0.416. The lowest BCUT2D eigenvalue weighted by atomic mass is 9.91. The number of ketones is 1. The second-order valence-electron chi connectivity index (χ2n) is 6.97.